The fourth-order valence-electron chi connectivity index (χ4n) is 2.66. The van der Waals surface area contributed by atoms with Gasteiger partial charge in [0.1, 0.15) is 6.61 Å². The van der Waals surface area contributed by atoms with Crippen LogP contribution < -0.4 is 4.90 Å². The van der Waals surface area contributed by atoms with Gasteiger partial charge in [0.15, 0.2) is 0 Å². The van der Waals surface area contributed by atoms with Gasteiger partial charge in [-0.2, -0.15) is 0 Å². The van der Waals surface area contributed by atoms with Crippen molar-refractivity contribution in [3.8, 4) is 0 Å². The number of carbonyl (C=O) groups is 2. The van der Waals surface area contributed by atoms with Gasteiger partial charge in [-0.1, -0.05) is 30.9 Å². The Labute approximate surface area is 124 Å². The monoisotopic (exact) mass is 289 g/mol. The van der Waals surface area contributed by atoms with Crippen molar-refractivity contribution in [3.63, 3.8) is 0 Å². The molecule has 1 aliphatic rings. The predicted octanol–water partition coefficient (Wildman–Crippen LogP) is 2.86. The third kappa shape index (κ3) is 2.91. The second-order valence-electron chi connectivity index (χ2n) is 4.95. The molecule has 0 saturated heterocycles. The van der Waals surface area contributed by atoms with Crippen molar-refractivity contribution in [2.24, 2.45) is 0 Å². The van der Waals surface area contributed by atoms with Gasteiger partial charge >= 0.3 is 12.1 Å². The topological polar surface area (TPSA) is 55.8 Å². The van der Waals surface area contributed by atoms with Gasteiger partial charge in [0, 0.05) is 6.04 Å². The third-order valence-electron chi connectivity index (χ3n) is 3.60. The number of rotatable bonds is 3. The molecule has 5 heteroatoms. The summed E-state index contributed by atoms with van der Waals surface area (Å²) in [5.41, 5.74) is 1.48. The molecule has 0 fully saturated rings. The average molecular weight is 289 g/mol. The number of para-hydroxylation sites is 1. The molecule has 0 radical (unpaired) electrons. The van der Waals surface area contributed by atoms with E-state index < -0.39 is 6.09 Å². The summed E-state index contributed by atoms with van der Waals surface area (Å²) in [6, 6.07) is 7.19. The lowest BCUT2D eigenvalue weighted by Crippen LogP contribution is -2.44. The predicted molar refractivity (Wildman–Crippen MR) is 79.3 cm³/mol. The van der Waals surface area contributed by atoms with E-state index in [1.165, 1.54) is 13.2 Å². The Balaban J connectivity index is 2.38. The van der Waals surface area contributed by atoms with Crippen LogP contribution in [0.15, 0.2) is 36.9 Å². The van der Waals surface area contributed by atoms with Crippen LogP contribution in [0, 0.1) is 0 Å². The molecule has 2 unspecified atom stereocenters. The Morgan fingerprint density at radius 3 is 2.81 bits per heavy atom. The van der Waals surface area contributed by atoms with E-state index in [2.05, 4.69) is 6.58 Å². The molecule has 0 aliphatic carbocycles. The van der Waals surface area contributed by atoms with Gasteiger partial charge in [0.2, 0.25) is 0 Å². The first-order valence-corrected chi connectivity index (χ1v) is 6.83. The number of fused-ring (bicyclic) bond motifs is 1. The number of esters is 1. The second-order valence-corrected chi connectivity index (χ2v) is 4.95. The fraction of sp³-hybridized carbons (Fsp3) is 0.375. The van der Waals surface area contributed by atoms with Gasteiger partial charge in [0.05, 0.1) is 18.7 Å². The fourth-order valence-corrected chi connectivity index (χ4v) is 2.66. The van der Waals surface area contributed by atoms with Gasteiger partial charge in [-0.15, -0.1) is 0 Å². The molecular formula is C16H19NO4. The third-order valence-corrected chi connectivity index (χ3v) is 3.60. The second kappa shape index (κ2) is 6.43. The molecule has 1 aliphatic heterocycles. The smallest absolute Gasteiger partial charge is 0.414 e. The molecular weight excluding hydrogens is 270 g/mol. The largest absolute Gasteiger partial charge is 0.469 e. The molecule has 1 amide bonds. The minimum atomic E-state index is -0.432. The van der Waals surface area contributed by atoms with E-state index in [0.29, 0.717) is 12.1 Å². The van der Waals surface area contributed by atoms with Gasteiger partial charge in [0.25, 0.3) is 0 Å². The molecule has 2 atom stereocenters. The van der Waals surface area contributed by atoms with E-state index in [4.69, 9.17) is 9.47 Å². The Morgan fingerprint density at radius 2 is 2.14 bits per heavy atom. The lowest BCUT2D eigenvalue weighted by molar-refractivity contribution is -0.142. The van der Waals surface area contributed by atoms with E-state index in [9.17, 15) is 9.59 Å². The zero-order valence-corrected chi connectivity index (χ0v) is 12.2. The van der Waals surface area contributed by atoms with E-state index in [-0.39, 0.29) is 24.5 Å². The highest BCUT2D eigenvalue weighted by Gasteiger charge is 2.37. The van der Waals surface area contributed by atoms with Crippen molar-refractivity contribution < 1.29 is 19.1 Å². The molecule has 1 heterocycles. The Morgan fingerprint density at radius 1 is 1.43 bits per heavy atom. The highest BCUT2D eigenvalue weighted by Crippen LogP contribution is 2.39. The summed E-state index contributed by atoms with van der Waals surface area (Å²) in [4.78, 5) is 25.8. The number of methoxy groups -OCH3 is 1. The number of anilines is 1. The van der Waals surface area contributed by atoms with E-state index in [1.54, 1.807) is 4.90 Å². The van der Waals surface area contributed by atoms with Gasteiger partial charge < -0.3 is 9.47 Å². The van der Waals surface area contributed by atoms with E-state index in [0.717, 1.165) is 5.56 Å². The van der Waals surface area contributed by atoms with Crippen molar-refractivity contribution in [2.45, 2.75) is 25.3 Å². The number of hydrogen-bond donors (Lipinski definition) is 0. The van der Waals surface area contributed by atoms with Crippen LogP contribution in [0.1, 0.15) is 24.8 Å². The van der Waals surface area contributed by atoms with Crippen LogP contribution in [-0.2, 0) is 14.3 Å². The summed E-state index contributed by atoms with van der Waals surface area (Å²) in [5.74, 6) is -0.641. The van der Waals surface area contributed by atoms with Crippen LogP contribution in [0.3, 0.4) is 0 Å². The molecule has 1 aromatic rings. The van der Waals surface area contributed by atoms with Crippen LogP contribution in [-0.4, -0.2) is 31.8 Å². The first kappa shape index (κ1) is 15.1. The maximum atomic E-state index is 12.2. The number of benzene rings is 1. The number of ether oxygens (including phenoxy) is 2. The summed E-state index contributed by atoms with van der Waals surface area (Å²) in [5, 5.41) is 0. The van der Waals surface area contributed by atoms with Crippen molar-refractivity contribution in [3.05, 3.63) is 42.5 Å². The zero-order valence-electron chi connectivity index (χ0n) is 12.2. The van der Waals surface area contributed by atoms with Crippen LogP contribution in [0.5, 0.6) is 0 Å². The number of amides is 1. The van der Waals surface area contributed by atoms with E-state index >= 15 is 0 Å². The lowest BCUT2D eigenvalue weighted by atomic mass is 9.86. The van der Waals surface area contributed by atoms with Crippen LogP contribution in [0.25, 0.3) is 0 Å². The summed E-state index contributed by atoms with van der Waals surface area (Å²) in [6.07, 6.45) is 1.60. The first-order chi connectivity index (χ1) is 10.1. The Bertz CT molecular complexity index is 555. The number of carbonyl (C=O) groups excluding carboxylic acids is 2. The first-order valence-electron chi connectivity index (χ1n) is 6.83. The number of nitrogens with zero attached hydrogens (tertiary/aromatic N) is 1. The molecule has 0 N–H and O–H groups in total. The molecule has 0 spiro atoms. The zero-order chi connectivity index (χ0) is 15.4. The summed E-state index contributed by atoms with van der Waals surface area (Å²) in [6.45, 7) is 5.58. The van der Waals surface area contributed by atoms with Crippen molar-refractivity contribution in [1.82, 2.24) is 0 Å². The summed E-state index contributed by atoms with van der Waals surface area (Å²) in [7, 11) is 1.38. The van der Waals surface area contributed by atoms with Gasteiger partial charge in [-0.3, -0.25) is 9.69 Å². The lowest BCUT2D eigenvalue weighted by Gasteiger charge is -2.37. The van der Waals surface area contributed by atoms with Crippen molar-refractivity contribution in [1.29, 1.82) is 0 Å². The van der Waals surface area contributed by atoms with Crippen molar-refractivity contribution >= 4 is 17.7 Å². The van der Waals surface area contributed by atoms with Crippen LogP contribution in [0.2, 0.25) is 0 Å². The van der Waals surface area contributed by atoms with Gasteiger partial charge in [-0.05, 0) is 25.0 Å². The Kier molecular flexibility index (Phi) is 4.62. The minimum Gasteiger partial charge on any atom is -0.469 e. The normalized spacial score (nSPS) is 20.4. The molecule has 5 nitrogen and oxygen atoms in total. The maximum absolute atomic E-state index is 12.2. The Hall–Kier alpha value is -2.30. The quantitative estimate of drug-likeness (QED) is 0.634. The van der Waals surface area contributed by atoms with E-state index in [1.807, 2.05) is 31.2 Å². The molecule has 0 saturated carbocycles. The van der Waals surface area contributed by atoms with Crippen molar-refractivity contribution in [2.75, 3.05) is 18.6 Å². The highest BCUT2D eigenvalue weighted by molar-refractivity contribution is 5.93. The molecule has 0 aromatic heterocycles. The average Bonchev–Trinajstić information content (AvgIpc) is 2.51. The van der Waals surface area contributed by atoms with Crippen LogP contribution >= 0.6 is 0 Å². The molecule has 21 heavy (non-hydrogen) atoms. The molecule has 0 bridgehead atoms. The minimum absolute atomic E-state index is 0.152. The number of hydrogen-bond acceptors (Lipinski definition) is 4. The molecule has 2 rings (SSSR count). The SMILES string of the molecule is C=CCOC(=O)N1c2ccccc2C(C(=O)OC)CC1C. The summed E-state index contributed by atoms with van der Waals surface area (Å²) < 4.78 is 10.0. The van der Waals surface area contributed by atoms with Gasteiger partial charge in [-0.25, -0.2) is 4.79 Å². The summed E-state index contributed by atoms with van der Waals surface area (Å²) >= 11 is 0. The molecule has 1 aromatic carbocycles. The maximum Gasteiger partial charge on any atom is 0.414 e. The molecule has 112 valence electrons. The standard InChI is InChI=1S/C16H19NO4/c1-4-9-21-16(19)17-11(2)10-13(15(18)20-3)12-7-5-6-8-14(12)17/h4-8,11,13H,1,9-10H2,2-3H3. The van der Waals surface area contributed by atoms with Crippen LogP contribution in [0.4, 0.5) is 10.5 Å². The highest BCUT2D eigenvalue weighted by atomic mass is 16.6.